The molecular formula is C20H18O4. The minimum Gasteiger partial charge on any atom is -0.419 e. The molecule has 0 aromatic heterocycles. The summed E-state index contributed by atoms with van der Waals surface area (Å²) in [6, 6.07) is 15.8. The van der Waals surface area contributed by atoms with Crippen LogP contribution in [0.25, 0.3) is 17.2 Å². The van der Waals surface area contributed by atoms with Gasteiger partial charge >= 0.3 is 11.9 Å². The fraction of sp³-hybridized carbons (Fsp3) is 0.200. The molecule has 3 rings (SSSR count). The van der Waals surface area contributed by atoms with E-state index in [0.717, 1.165) is 16.7 Å². The number of aryl methyl sites for hydroxylation is 1. The average molecular weight is 322 g/mol. The van der Waals surface area contributed by atoms with E-state index in [-0.39, 0.29) is 5.57 Å². The molecule has 0 saturated carbocycles. The molecular weight excluding hydrogens is 304 g/mol. The molecule has 0 N–H and O–H groups in total. The van der Waals surface area contributed by atoms with Crippen LogP contribution in [-0.2, 0) is 19.1 Å². The predicted octanol–water partition coefficient (Wildman–Crippen LogP) is 3.88. The molecule has 4 heteroatoms. The number of benzene rings is 2. The molecule has 1 fully saturated rings. The molecule has 0 aliphatic carbocycles. The van der Waals surface area contributed by atoms with E-state index in [0.29, 0.717) is 0 Å². The maximum Gasteiger partial charge on any atom is 0.348 e. The van der Waals surface area contributed by atoms with Crippen LogP contribution < -0.4 is 0 Å². The Hall–Kier alpha value is -2.88. The zero-order chi connectivity index (χ0) is 17.3. The van der Waals surface area contributed by atoms with Crippen molar-refractivity contribution in [1.82, 2.24) is 0 Å². The minimum absolute atomic E-state index is 0.0996. The second-order valence-corrected chi connectivity index (χ2v) is 6.22. The summed E-state index contributed by atoms with van der Waals surface area (Å²) >= 11 is 0. The van der Waals surface area contributed by atoms with Crippen LogP contribution in [0, 0.1) is 6.92 Å². The molecule has 122 valence electrons. The number of hydrogen-bond donors (Lipinski definition) is 0. The molecule has 0 bridgehead atoms. The lowest BCUT2D eigenvalue weighted by Crippen LogP contribution is -2.41. The van der Waals surface area contributed by atoms with Crippen LogP contribution >= 0.6 is 0 Å². The molecule has 24 heavy (non-hydrogen) atoms. The third-order valence-corrected chi connectivity index (χ3v) is 3.72. The first-order valence-electron chi connectivity index (χ1n) is 7.69. The molecule has 4 nitrogen and oxygen atoms in total. The summed E-state index contributed by atoms with van der Waals surface area (Å²) in [6.45, 7) is 5.09. The van der Waals surface area contributed by atoms with Crippen molar-refractivity contribution < 1.29 is 19.1 Å². The summed E-state index contributed by atoms with van der Waals surface area (Å²) < 4.78 is 10.2. The first-order chi connectivity index (χ1) is 11.3. The number of carbonyl (C=O) groups is 2. The molecule has 2 aromatic carbocycles. The highest BCUT2D eigenvalue weighted by molar-refractivity contribution is 6.18. The van der Waals surface area contributed by atoms with Gasteiger partial charge in [-0.25, -0.2) is 9.59 Å². The first kappa shape index (κ1) is 16.0. The maximum absolute atomic E-state index is 12.0. The van der Waals surface area contributed by atoms with E-state index in [1.54, 1.807) is 0 Å². The zero-order valence-corrected chi connectivity index (χ0v) is 13.8. The van der Waals surface area contributed by atoms with E-state index in [9.17, 15) is 9.59 Å². The number of esters is 2. The normalized spacial score (nSPS) is 16.4. The third kappa shape index (κ3) is 3.38. The van der Waals surface area contributed by atoms with Crippen LogP contribution in [-0.4, -0.2) is 17.7 Å². The van der Waals surface area contributed by atoms with E-state index in [1.165, 1.54) is 25.5 Å². The van der Waals surface area contributed by atoms with Gasteiger partial charge in [0.05, 0.1) is 0 Å². The van der Waals surface area contributed by atoms with Gasteiger partial charge < -0.3 is 9.47 Å². The smallest absolute Gasteiger partial charge is 0.348 e. The van der Waals surface area contributed by atoms with Crippen LogP contribution in [0.15, 0.2) is 54.1 Å². The Bertz CT molecular complexity index is 790. The lowest BCUT2D eigenvalue weighted by atomic mass is 10.0. The largest absolute Gasteiger partial charge is 0.419 e. The standard InChI is InChI=1S/C20H18O4/c1-13-4-8-15(9-5-13)16-10-6-14(7-11-16)12-17-18(21)23-20(2,3)24-19(17)22/h4-12H,1-3H3. The molecule has 0 radical (unpaired) electrons. The van der Waals surface area contributed by atoms with Crippen LogP contribution in [0.3, 0.4) is 0 Å². The Morgan fingerprint density at radius 2 is 1.25 bits per heavy atom. The van der Waals surface area contributed by atoms with Gasteiger partial charge in [0, 0.05) is 13.8 Å². The van der Waals surface area contributed by atoms with E-state index in [1.807, 2.05) is 31.2 Å². The summed E-state index contributed by atoms with van der Waals surface area (Å²) in [5.74, 6) is -2.56. The van der Waals surface area contributed by atoms with E-state index >= 15 is 0 Å². The van der Waals surface area contributed by atoms with Gasteiger partial charge in [0.1, 0.15) is 5.57 Å². The Kier molecular flexibility index (Phi) is 3.97. The van der Waals surface area contributed by atoms with Crippen molar-refractivity contribution in [2.45, 2.75) is 26.6 Å². The van der Waals surface area contributed by atoms with Gasteiger partial charge in [0.15, 0.2) is 0 Å². The van der Waals surface area contributed by atoms with E-state index in [2.05, 4.69) is 24.3 Å². The highest BCUT2D eigenvalue weighted by Gasteiger charge is 2.38. The maximum atomic E-state index is 12.0. The topological polar surface area (TPSA) is 52.6 Å². The van der Waals surface area contributed by atoms with Gasteiger partial charge in [-0.2, -0.15) is 0 Å². The van der Waals surface area contributed by atoms with Crippen molar-refractivity contribution in [2.75, 3.05) is 0 Å². The van der Waals surface area contributed by atoms with Gasteiger partial charge in [-0.15, -0.1) is 0 Å². The van der Waals surface area contributed by atoms with Gasteiger partial charge in [-0.1, -0.05) is 54.1 Å². The Balaban J connectivity index is 1.85. The molecule has 1 aliphatic rings. The van der Waals surface area contributed by atoms with Crippen molar-refractivity contribution in [3.8, 4) is 11.1 Å². The lowest BCUT2D eigenvalue weighted by Gasteiger charge is -2.29. The molecule has 1 aliphatic heterocycles. The van der Waals surface area contributed by atoms with E-state index < -0.39 is 17.7 Å². The second-order valence-electron chi connectivity index (χ2n) is 6.22. The average Bonchev–Trinajstić information content (AvgIpc) is 2.51. The SMILES string of the molecule is Cc1ccc(-c2ccc(C=C3C(=O)OC(C)(C)OC3=O)cc2)cc1. The van der Waals surface area contributed by atoms with Crippen LogP contribution in [0.4, 0.5) is 0 Å². The molecule has 2 aromatic rings. The highest BCUT2D eigenvalue weighted by Crippen LogP contribution is 2.25. The minimum atomic E-state index is -1.22. The van der Waals surface area contributed by atoms with Crippen LogP contribution in [0.1, 0.15) is 25.0 Å². The second kappa shape index (κ2) is 5.96. The summed E-state index contributed by atoms with van der Waals surface area (Å²) in [7, 11) is 0. The summed E-state index contributed by atoms with van der Waals surface area (Å²) in [6.07, 6.45) is 1.48. The monoisotopic (exact) mass is 322 g/mol. The van der Waals surface area contributed by atoms with Gasteiger partial charge in [0.2, 0.25) is 0 Å². The van der Waals surface area contributed by atoms with Crippen molar-refractivity contribution >= 4 is 18.0 Å². The van der Waals surface area contributed by atoms with Crippen molar-refractivity contribution in [3.05, 3.63) is 65.2 Å². The molecule has 0 spiro atoms. The molecule has 0 unspecified atom stereocenters. The van der Waals surface area contributed by atoms with Crippen molar-refractivity contribution in [2.24, 2.45) is 0 Å². The highest BCUT2D eigenvalue weighted by atomic mass is 16.7. The van der Waals surface area contributed by atoms with Gasteiger partial charge in [0.25, 0.3) is 5.79 Å². The van der Waals surface area contributed by atoms with Gasteiger partial charge in [-0.3, -0.25) is 0 Å². The van der Waals surface area contributed by atoms with Crippen molar-refractivity contribution in [1.29, 1.82) is 0 Å². The lowest BCUT2D eigenvalue weighted by molar-refractivity contribution is -0.222. The summed E-state index contributed by atoms with van der Waals surface area (Å²) in [4.78, 5) is 23.9. The Labute approximate surface area is 140 Å². The number of ether oxygens (including phenoxy) is 2. The van der Waals surface area contributed by atoms with Crippen LogP contribution in [0.5, 0.6) is 0 Å². The number of rotatable bonds is 2. The quantitative estimate of drug-likeness (QED) is 0.478. The van der Waals surface area contributed by atoms with Crippen LogP contribution in [0.2, 0.25) is 0 Å². The fourth-order valence-electron chi connectivity index (χ4n) is 2.46. The molecule has 1 heterocycles. The molecule has 0 amide bonds. The van der Waals surface area contributed by atoms with Crippen molar-refractivity contribution in [3.63, 3.8) is 0 Å². The summed E-state index contributed by atoms with van der Waals surface area (Å²) in [5.41, 5.74) is 4.01. The number of hydrogen-bond acceptors (Lipinski definition) is 4. The fourth-order valence-corrected chi connectivity index (χ4v) is 2.46. The Morgan fingerprint density at radius 3 is 1.75 bits per heavy atom. The third-order valence-electron chi connectivity index (χ3n) is 3.72. The van der Waals surface area contributed by atoms with E-state index in [4.69, 9.17) is 9.47 Å². The number of carbonyl (C=O) groups excluding carboxylic acids is 2. The zero-order valence-electron chi connectivity index (χ0n) is 13.8. The van der Waals surface area contributed by atoms with Gasteiger partial charge in [-0.05, 0) is 29.7 Å². The Morgan fingerprint density at radius 1 is 0.792 bits per heavy atom. The number of cyclic esters (lactones) is 2. The summed E-state index contributed by atoms with van der Waals surface area (Å²) in [5, 5.41) is 0. The predicted molar refractivity (Wildman–Crippen MR) is 90.9 cm³/mol. The molecule has 1 saturated heterocycles. The molecule has 0 atom stereocenters. The first-order valence-corrected chi connectivity index (χ1v) is 7.69.